The maximum absolute atomic E-state index is 11.7. The third-order valence-electron chi connectivity index (χ3n) is 2.61. The van der Waals surface area contributed by atoms with Crippen molar-refractivity contribution >= 4 is 28.8 Å². The minimum absolute atomic E-state index is 0.0508. The Bertz CT molecular complexity index is 493. The molecule has 1 aromatic heterocycles. The molecule has 1 aromatic carbocycles. The minimum Gasteiger partial charge on any atom is -0.352 e. The summed E-state index contributed by atoms with van der Waals surface area (Å²) in [5, 5.41) is 6.88. The van der Waals surface area contributed by atoms with E-state index in [1.807, 2.05) is 41.1 Å². The van der Waals surface area contributed by atoms with Crippen molar-refractivity contribution in [1.82, 2.24) is 5.32 Å². The number of halogens is 1. The lowest BCUT2D eigenvalue weighted by Gasteiger charge is -2.05. The number of hydrogen-bond acceptors (Lipinski definition) is 2. The smallest absolute Gasteiger partial charge is 0.224 e. The summed E-state index contributed by atoms with van der Waals surface area (Å²) in [6, 6.07) is 9.91. The molecule has 2 nitrogen and oxygen atoms in total. The average molecular weight is 280 g/mol. The van der Waals surface area contributed by atoms with Crippen molar-refractivity contribution in [2.75, 3.05) is 0 Å². The zero-order chi connectivity index (χ0) is 12.8. The topological polar surface area (TPSA) is 29.1 Å². The van der Waals surface area contributed by atoms with E-state index in [1.165, 1.54) is 0 Å². The van der Waals surface area contributed by atoms with Crippen LogP contribution in [0, 0.1) is 0 Å². The number of carbonyl (C=O) groups is 1. The predicted molar refractivity (Wildman–Crippen MR) is 75.9 cm³/mol. The van der Waals surface area contributed by atoms with Gasteiger partial charge in [-0.05, 0) is 33.5 Å². The number of hydrogen-bond donors (Lipinski definition) is 1. The molecule has 4 heteroatoms. The van der Waals surface area contributed by atoms with Gasteiger partial charge in [0.15, 0.2) is 0 Å². The summed E-state index contributed by atoms with van der Waals surface area (Å²) in [5.74, 6) is 0.569. The molecule has 94 valence electrons. The van der Waals surface area contributed by atoms with Crippen molar-refractivity contribution in [2.45, 2.75) is 18.8 Å². The first-order valence-corrected chi connectivity index (χ1v) is 7.17. The summed E-state index contributed by atoms with van der Waals surface area (Å²) in [5.41, 5.74) is 3.24. The molecular formula is C14H14ClNOS. The Kier molecular flexibility index (Phi) is 4.79. The fourth-order valence-corrected chi connectivity index (χ4v) is 2.43. The molecule has 0 atom stereocenters. The summed E-state index contributed by atoms with van der Waals surface area (Å²) < 4.78 is 0. The average Bonchev–Trinajstić information content (AvgIpc) is 2.90. The van der Waals surface area contributed by atoms with Crippen molar-refractivity contribution in [3.63, 3.8) is 0 Å². The van der Waals surface area contributed by atoms with Gasteiger partial charge < -0.3 is 5.32 Å². The Labute approximate surface area is 116 Å². The number of thiophene rings is 1. The molecule has 2 rings (SSSR count). The van der Waals surface area contributed by atoms with Crippen LogP contribution in [0.2, 0.25) is 0 Å². The SMILES string of the molecule is O=C(Cc1ccsc1)NCc1ccc(CCl)cc1. The lowest BCUT2D eigenvalue weighted by molar-refractivity contribution is -0.120. The largest absolute Gasteiger partial charge is 0.352 e. The highest BCUT2D eigenvalue weighted by atomic mass is 35.5. The molecule has 0 fully saturated rings. The van der Waals surface area contributed by atoms with Gasteiger partial charge in [-0.2, -0.15) is 11.3 Å². The number of rotatable bonds is 5. The van der Waals surface area contributed by atoms with Gasteiger partial charge >= 0.3 is 0 Å². The Morgan fingerprint density at radius 2 is 1.83 bits per heavy atom. The van der Waals surface area contributed by atoms with Crippen molar-refractivity contribution in [2.24, 2.45) is 0 Å². The molecule has 0 aliphatic rings. The Morgan fingerprint density at radius 1 is 1.11 bits per heavy atom. The number of nitrogens with one attached hydrogen (secondary N) is 1. The van der Waals surface area contributed by atoms with E-state index in [-0.39, 0.29) is 5.91 Å². The first-order valence-electron chi connectivity index (χ1n) is 5.69. The van der Waals surface area contributed by atoms with Crippen LogP contribution in [0.3, 0.4) is 0 Å². The molecule has 0 saturated carbocycles. The maximum Gasteiger partial charge on any atom is 0.224 e. The van der Waals surface area contributed by atoms with Gasteiger partial charge in [-0.25, -0.2) is 0 Å². The van der Waals surface area contributed by atoms with Crippen LogP contribution in [0.15, 0.2) is 41.1 Å². The van der Waals surface area contributed by atoms with E-state index in [2.05, 4.69) is 5.32 Å². The van der Waals surface area contributed by atoms with Gasteiger partial charge in [-0.3, -0.25) is 4.79 Å². The molecule has 1 N–H and O–H groups in total. The monoisotopic (exact) mass is 279 g/mol. The Morgan fingerprint density at radius 3 is 2.44 bits per heavy atom. The van der Waals surface area contributed by atoms with Gasteiger partial charge in [0.1, 0.15) is 0 Å². The van der Waals surface area contributed by atoms with Gasteiger partial charge in [0.05, 0.1) is 6.42 Å². The van der Waals surface area contributed by atoms with Crippen LogP contribution >= 0.6 is 22.9 Å². The van der Waals surface area contributed by atoms with Gasteiger partial charge in [0, 0.05) is 12.4 Å². The number of benzene rings is 1. The van der Waals surface area contributed by atoms with E-state index in [4.69, 9.17) is 11.6 Å². The molecule has 18 heavy (non-hydrogen) atoms. The second kappa shape index (κ2) is 6.57. The van der Waals surface area contributed by atoms with E-state index < -0.39 is 0 Å². The van der Waals surface area contributed by atoms with Gasteiger partial charge in [-0.1, -0.05) is 24.3 Å². The quantitative estimate of drug-likeness (QED) is 0.836. The molecule has 0 spiro atoms. The third-order valence-corrected chi connectivity index (χ3v) is 3.65. The van der Waals surface area contributed by atoms with E-state index in [1.54, 1.807) is 11.3 Å². The molecular weight excluding hydrogens is 266 g/mol. The summed E-state index contributed by atoms with van der Waals surface area (Å²) in [4.78, 5) is 11.7. The zero-order valence-electron chi connectivity index (χ0n) is 9.86. The van der Waals surface area contributed by atoms with E-state index >= 15 is 0 Å². The summed E-state index contributed by atoms with van der Waals surface area (Å²) >= 11 is 7.33. The first kappa shape index (κ1) is 13.1. The van der Waals surface area contributed by atoms with E-state index in [0.29, 0.717) is 18.8 Å². The Hall–Kier alpha value is -1.32. The fraction of sp³-hybridized carbons (Fsp3) is 0.214. The molecule has 0 unspecified atom stereocenters. The van der Waals surface area contributed by atoms with Crippen molar-refractivity contribution in [3.8, 4) is 0 Å². The fourth-order valence-electron chi connectivity index (χ4n) is 1.59. The van der Waals surface area contributed by atoms with E-state index in [9.17, 15) is 4.79 Å². The van der Waals surface area contributed by atoms with Crippen molar-refractivity contribution in [1.29, 1.82) is 0 Å². The lowest BCUT2D eigenvalue weighted by Crippen LogP contribution is -2.24. The highest BCUT2D eigenvalue weighted by Gasteiger charge is 2.03. The van der Waals surface area contributed by atoms with Crippen LogP contribution in [0.25, 0.3) is 0 Å². The number of alkyl halides is 1. The van der Waals surface area contributed by atoms with Gasteiger partial charge in [0.2, 0.25) is 5.91 Å². The normalized spacial score (nSPS) is 10.3. The molecule has 0 saturated heterocycles. The molecule has 0 radical (unpaired) electrons. The molecule has 1 amide bonds. The van der Waals surface area contributed by atoms with Crippen LogP contribution in [0.5, 0.6) is 0 Å². The number of amides is 1. The lowest BCUT2D eigenvalue weighted by atomic mass is 10.1. The highest BCUT2D eigenvalue weighted by Crippen LogP contribution is 2.08. The van der Waals surface area contributed by atoms with Crippen molar-refractivity contribution < 1.29 is 4.79 Å². The molecule has 0 aliphatic carbocycles. The van der Waals surface area contributed by atoms with E-state index in [0.717, 1.165) is 16.7 Å². The third kappa shape index (κ3) is 3.86. The summed E-state index contributed by atoms with van der Waals surface area (Å²) in [7, 11) is 0. The van der Waals surface area contributed by atoms with Gasteiger partial charge in [-0.15, -0.1) is 11.6 Å². The van der Waals surface area contributed by atoms with Gasteiger partial charge in [0.25, 0.3) is 0 Å². The highest BCUT2D eigenvalue weighted by molar-refractivity contribution is 7.07. The second-order valence-corrected chi connectivity index (χ2v) is 5.08. The van der Waals surface area contributed by atoms with Crippen LogP contribution in [-0.4, -0.2) is 5.91 Å². The van der Waals surface area contributed by atoms with Crippen molar-refractivity contribution in [3.05, 3.63) is 57.8 Å². The predicted octanol–water partition coefficient (Wildman–Crippen LogP) is 3.35. The Balaban J connectivity index is 1.81. The second-order valence-electron chi connectivity index (χ2n) is 4.04. The first-order chi connectivity index (χ1) is 8.78. The van der Waals surface area contributed by atoms with Crippen LogP contribution in [0.1, 0.15) is 16.7 Å². The summed E-state index contributed by atoms with van der Waals surface area (Å²) in [6.07, 6.45) is 0.448. The maximum atomic E-state index is 11.7. The van der Waals surface area contributed by atoms with Crippen LogP contribution < -0.4 is 5.32 Å². The molecule has 0 aliphatic heterocycles. The molecule has 0 bridgehead atoms. The zero-order valence-corrected chi connectivity index (χ0v) is 11.4. The summed E-state index contributed by atoms with van der Waals surface area (Å²) in [6.45, 7) is 0.561. The minimum atomic E-state index is 0.0508. The number of carbonyl (C=O) groups excluding carboxylic acids is 1. The standard InChI is InChI=1S/C14H14ClNOS/c15-8-11-1-3-12(4-2-11)9-16-14(17)7-13-5-6-18-10-13/h1-6,10H,7-9H2,(H,16,17). The molecule has 2 aromatic rings. The molecule has 1 heterocycles. The van der Waals surface area contributed by atoms with Crippen LogP contribution in [-0.2, 0) is 23.6 Å². The van der Waals surface area contributed by atoms with Crippen LogP contribution in [0.4, 0.5) is 0 Å².